The monoisotopic (exact) mass is 270 g/mol. The largest absolute Gasteiger partial charge is 0.357 e. The number of amides is 2. The number of carbonyl (C=O) groups is 2. The van der Waals surface area contributed by atoms with Crippen LogP contribution in [0.25, 0.3) is 0 Å². The van der Waals surface area contributed by atoms with Crippen molar-refractivity contribution in [3.63, 3.8) is 0 Å². The molecule has 1 aromatic rings. The fourth-order valence-electron chi connectivity index (χ4n) is 1.62. The van der Waals surface area contributed by atoms with Crippen LogP contribution in [0.4, 0.5) is 8.78 Å². The van der Waals surface area contributed by atoms with E-state index in [-0.39, 0.29) is 5.92 Å². The Morgan fingerprint density at radius 1 is 1.16 bits per heavy atom. The Bertz CT molecular complexity index is 469. The van der Waals surface area contributed by atoms with Crippen molar-refractivity contribution in [2.75, 3.05) is 7.05 Å². The lowest BCUT2D eigenvalue weighted by atomic mass is 10.0. The molecule has 0 radical (unpaired) electrons. The molecular formula is C13H16F2N2O2. The zero-order valence-electron chi connectivity index (χ0n) is 11.0. The van der Waals surface area contributed by atoms with Gasteiger partial charge in [-0.05, 0) is 18.1 Å². The van der Waals surface area contributed by atoms with Crippen molar-refractivity contribution in [3.05, 3.63) is 35.4 Å². The molecule has 19 heavy (non-hydrogen) atoms. The van der Waals surface area contributed by atoms with E-state index in [0.717, 1.165) is 12.1 Å². The maximum Gasteiger partial charge on any atom is 0.257 e. The number of rotatable bonds is 4. The van der Waals surface area contributed by atoms with E-state index in [1.165, 1.54) is 13.1 Å². The Kier molecular flexibility index (Phi) is 4.97. The van der Waals surface area contributed by atoms with Crippen LogP contribution in [0.1, 0.15) is 24.2 Å². The Morgan fingerprint density at radius 2 is 1.68 bits per heavy atom. The fourth-order valence-corrected chi connectivity index (χ4v) is 1.62. The predicted octanol–water partition coefficient (Wildman–Crippen LogP) is 1.47. The van der Waals surface area contributed by atoms with Gasteiger partial charge in [-0.25, -0.2) is 8.78 Å². The normalized spacial score (nSPS) is 12.1. The van der Waals surface area contributed by atoms with E-state index < -0.39 is 35.1 Å². The first-order valence-electron chi connectivity index (χ1n) is 5.85. The van der Waals surface area contributed by atoms with E-state index in [9.17, 15) is 18.4 Å². The molecule has 0 fully saturated rings. The van der Waals surface area contributed by atoms with Crippen LogP contribution in [0.5, 0.6) is 0 Å². The van der Waals surface area contributed by atoms with Gasteiger partial charge in [0.2, 0.25) is 5.91 Å². The molecule has 0 spiro atoms. The Labute approximate surface area is 110 Å². The number of hydrogen-bond acceptors (Lipinski definition) is 2. The van der Waals surface area contributed by atoms with Crippen molar-refractivity contribution in [2.24, 2.45) is 5.92 Å². The first-order chi connectivity index (χ1) is 8.88. The minimum atomic E-state index is -0.961. The van der Waals surface area contributed by atoms with Gasteiger partial charge >= 0.3 is 0 Å². The van der Waals surface area contributed by atoms with Gasteiger partial charge in [-0.1, -0.05) is 19.9 Å². The molecule has 1 rings (SSSR count). The third kappa shape index (κ3) is 3.49. The van der Waals surface area contributed by atoms with Crippen molar-refractivity contribution < 1.29 is 18.4 Å². The second-order valence-corrected chi connectivity index (χ2v) is 4.41. The standard InChI is InChI=1S/C13H16F2N2O2/c1-7(2)11(13(19)16-3)17-12(18)10-8(14)5-4-6-9(10)15/h4-7,11H,1-3H3,(H,16,19)(H,17,18)/t11-/m0/s1. The zero-order valence-corrected chi connectivity index (χ0v) is 11.0. The van der Waals surface area contributed by atoms with Crippen molar-refractivity contribution in [1.29, 1.82) is 0 Å². The molecule has 0 bridgehead atoms. The highest BCUT2D eigenvalue weighted by atomic mass is 19.1. The number of carbonyl (C=O) groups excluding carboxylic acids is 2. The van der Waals surface area contributed by atoms with Crippen molar-refractivity contribution in [2.45, 2.75) is 19.9 Å². The van der Waals surface area contributed by atoms with E-state index in [1.54, 1.807) is 13.8 Å². The minimum absolute atomic E-state index is 0.210. The zero-order chi connectivity index (χ0) is 14.6. The second-order valence-electron chi connectivity index (χ2n) is 4.41. The summed E-state index contributed by atoms with van der Waals surface area (Å²) in [4.78, 5) is 23.4. The highest BCUT2D eigenvalue weighted by molar-refractivity contribution is 5.98. The summed E-state index contributed by atoms with van der Waals surface area (Å²) >= 11 is 0. The maximum absolute atomic E-state index is 13.4. The third-order valence-electron chi connectivity index (χ3n) is 2.67. The number of nitrogens with one attached hydrogen (secondary N) is 2. The first-order valence-corrected chi connectivity index (χ1v) is 5.85. The lowest BCUT2D eigenvalue weighted by Crippen LogP contribution is -2.49. The molecule has 2 N–H and O–H groups in total. The molecule has 0 saturated carbocycles. The van der Waals surface area contributed by atoms with Crippen LogP contribution in [0, 0.1) is 17.6 Å². The van der Waals surface area contributed by atoms with E-state index >= 15 is 0 Å². The van der Waals surface area contributed by atoms with Gasteiger partial charge in [0.15, 0.2) is 0 Å². The number of halogens is 2. The molecule has 4 nitrogen and oxygen atoms in total. The van der Waals surface area contributed by atoms with Crippen LogP contribution in [-0.2, 0) is 4.79 Å². The van der Waals surface area contributed by atoms with E-state index in [2.05, 4.69) is 10.6 Å². The van der Waals surface area contributed by atoms with Gasteiger partial charge in [0.25, 0.3) is 5.91 Å². The molecular weight excluding hydrogens is 254 g/mol. The Morgan fingerprint density at radius 3 is 2.11 bits per heavy atom. The average molecular weight is 270 g/mol. The molecule has 1 aromatic carbocycles. The van der Waals surface area contributed by atoms with Crippen LogP contribution in [0.15, 0.2) is 18.2 Å². The summed E-state index contributed by atoms with van der Waals surface area (Å²) in [6, 6.07) is 2.29. The lowest BCUT2D eigenvalue weighted by Gasteiger charge is -2.20. The summed E-state index contributed by atoms with van der Waals surface area (Å²) < 4.78 is 26.9. The van der Waals surface area contributed by atoms with Crippen LogP contribution in [0.2, 0.25) is 0 Å². The molecule has 0 aliphatic carbocycles. The number of hydrogen-bond donors (Lipinski definition) is 2. The van der Waals surface area contributed by atoms with Crippen LogP contribution in [0.3, 0.4) is 0 Å². The lowest BCUT2D eigenvalue weighted by molar-refractivity contribution is -0.123. The summed E-state index contributed by atoms with van der Waals surface area (Å²) in [6.07, 6.45) is 0. The van der Waals surface area contributed by atoms with Gasteiger partial charge in [0.05, 0.1) is 0 Å². The molecule has 2 amide bonds. The van der Waals surface area contributed by atoms with Gasteiger partial charge in [-0.15, -0.1) is 0 Å². The van der Waals surface area contributed by atoms with Crippen LogP contribution >= 0.6 is 0 Å². The van der Waals surface area contributed by atoms with Gasteiger partial charge in [-0.3, -0.25) is 9.59 Å². The summed E-state index contributed by atoms with van der Waals surface area (Å²) in [6.45, 7) is 3.44. The van der Waals surface area contributed by atoms with E-state index in [4.69, 9.17) is 0 Å². The van der Waals surface area contributed by atoms with Gasteiger partial charge < -0.3 is 10.6 Å². The summed E-state index contributed by atoms with van der Waals surface area (Å²) in [5, 5.41) is 4.73. The highest BCUT2D eigenvalue weighted by Gasteiger charge is 2.26. The topological polar surface area (TPSA) is 58.2 Å². The van der Waals surface area contributed by atoms with Crippen LogP contribution in [-0.4, -0.2) is 24.9 Å². The smallest absolute Gasteiger partial charge is 0.257 e. The second kappa shape index (κ2) is 6.26. The minimum Gasteiger partial charge on any atom is -0.357 e. The Hall–Kier alpha value is -1.98. The fraction of sp³-hybridized carbons (Fsp3) is 0.385. The highest BCUT2D eigenvalue weighted by Crippen LogP contribution is 2.13. The molecule has 0 aliphatic heterocycles. The molecule has 0 aliphatic rings. The van der Waals surface area contributed by atoms with Crippen molar-refractivity contribution in [3.8, 4) is 0 Å². The molecule has 0 unspecified atom stereocenters. The van der Waals surface area contributed by atoms with E-state index in [0.29, 0.717) is 0 Å². The predicted molar refractivity (Wildman–Crippen MR) is 66.5 cm³/mol. The number of likely N-dealkylation sites (N-methyl/N-ethyl adjacent to an activating group) is 1. The number of benzene rings is 1. The first kappa shape index (κ1) is 15.1. The molecule has 1 atom stereocenters. The van der Waals surface area contributed by atoms with Gasteiger partial charge in [0.1, 0.15) is 23.2 Å². The quantitative estimate of drug-likeness (QED) is 0.870. The molecule has 0 aromatic heterocycles. The average Bonchev–Trinajstić information content (AvgIpc) is 2.34. The van der Waals surface area contributed by atoms with Crippen molar-refractivity contribution in [1.82, 2.24) is 10.6 Å². The molecule has 104 valence electrons. The Balaban J connectivity index is 2.98. The maximum atomic E-state index is 13.4. The van der Waals surface area contributed by atoms with E-state index in [1.807, 2.05) is 0 Å². The summed E-state index contributed by atoms with van der Waals surface area (Å²) in [5.41, 5.74) is -0.683. The van der Waals surface area contributed by atoms with Crippen LogP contribution < -0.4 is 10.6 Å². The SMILES string of the molecule is CNC(=O)[C@@H](NC(=O)c1c(F)cccc1F)C(C)C. The van der Waals surface area contributed by atoms with Crippen molar-refractivity contribution >= 4 is 11.8 Å². The molecule has 0 heterocycles. The summed E-state index contributed by atoms with van der Waals surface area (Å²) in [5.74, 6) is -3.49. The van der Waals surface area contributed by atoms with Gasteiger partial charge in [-0.2, -0.15) is 0 Å². The third-order valence-corrected chi connectivity index (χ3v) is 2.67. The van der Waals surface area contributed by atoms with Gasteiger partial charge in [0, 0.05) is 7.05 Å². The summed E-state index contributed by atoms with van der Waals surface area (Å²) in [7, 11) is 1.42. The molecule has 0 saturated heterocycles. The molecule has 6 heteroatoms.